The maximum absolute atomic E-state index is 12.3. The van der Waals surface area contributed by atoms with E-state index in [9.17, 15) is 4.79 Å². The maximum atomic E-state index is 12.3. The molecule has 1 saturated heterocycles. The zero-order chi connectivity index (χ0) is 13.3. The Hall–Kier alpha value is -1.06. The van der Waals surface area contributed by atoms with E-state index in [0.717, 1.165) is 25.1 Å². The van der Waals surface area contributed by atoms with E-state index < -0.39 is 0 Å². The Balaban J connectivity index is 2.10. The van der Waals surface area contributed by atoms with E-state index in [-0.39, 0.29) is 11.9 Å². The van der Waals surface area contributed by atoms with Gasteiger partial charge in [-0.15, -0.1) is 0 Å². The van der Waals surface area contributed by atoms with Gasteiger partial charge in [0.15, 0.2) is 0 Å². The van der Waals surface area contributed by atoms with E-state index in [2.05, 4.69) is 0 Å². The molecule has 18 heavy (non-hydrogen) atoms. The molecule has 0 bridgehead atoms. The fraction of sp³-hybridized carbons (Fsp3) is 0.500. The van der Waals surface area contributed by atoms with Crippen molar-refractivity contribution in [3.8, 4) is 0 Å². The molecule has 1 aromatic carbocycles. The van der Waals surface area contributed by atoms with Gasteiger partial charge in [-0.05, 0) is 43.9 Å². The molecule has 0 aromatic heterocycles. The van der Waals surface area contributed by atoms with Crippen LogP contribution in [0.5, 0.6) is 0 Å². The number of hydrogen-bond donors (Lipinski definition) is 1. The minimum absolute atomic E-state index is 0.0556. The van der Waals surface area contributed by atoms with Crippen molar-refractivity contribution in [2.75, 3.05) is 13.1 Å². The summed E-state index contributed by atoms with van der Waals surface area (Å²) in [6.07, 6.45) is 0.989. The number of benzene rings is 1. The summed E-state index contributed by atoms with van der Waals surface area (Å²) in [6, 6.07) is 5.61. The zero-order valence-electron chi connectivity index (χ0n) is 10.8. The van der Waals surface area contributed by atoms with E-state index in [0.29, 0.717) is 16.5 Å². The molecule has 2 N–H and O–H groups in total. The monoisotopic (exact) mass is 266 g/mol. The summed E-state index contributed by atoms with van der Waals surface area (Å²) in [7, 11) is 0. The van der Waals surface area contributed by atoms with E-state index in [1.807, 2.05) is 30.9 Å². The average Bonchev–Trinajstić information content (AvgIpc) is 2.81. The fourth-order valence-electron chi connectivity index (χ4n) is 2.31. The van der Waals surface area contributed by atoms with Crippen molar-refractivity contribution in [2.24, 2.45) is 11.7 Å². The molecular formula is C14H19ClN2O. The van der Waals surface area contributed by atoms with Gasteiger partial charge in [0, 0.05) is 29.7 Å². The Morgan fingerprint density at radius 3 is 2.83 bits per heavy atom. The Morgan fingerprint density at radius 1 is 1.56 bits per heavy atom. The summed E-state index contributed by atoms with van der Waals surface area (Å²) in [5.74, 6) is 0.468. The third kappa shape index (κ3) is 2.68. The molecule has 1 heterocycles. The summed E-state index contributed by atoms with van der Waals surface area (Å²) >= 11 is 6.05. The highest BCUT2D eigenvalue weighted by Gasteiger charge is 2.28. The largest absolute Gasteiger partial charge is 0.338 e. The zero-order valence-corrected chi connectivity index (χ0v) is 11.6. The van der Waals surface area contributed by atoms with Crippen molar-refractivity contribution >= 4 is 17.5 Å². The second-order valence-electron chi connectivity index (χ2n) is 5.12. The molecule has 2 unspecified atom stereocenters. The van der Waals surface area contributed by atoms with Gasteiger partial charge in [0.05, 0.1) is 0 Å². The molecule has 98 valence electrons. The lowest BCUT2D eigenvalue weighted by Gasteiger charge is -2.18. The van der Waals surface area contributed by atoms with Crippen LogP contribution in [-0.2, 0) is 0 Å². The number of aryl methyl sites for hydroxylation is 1. The highest BCUT2D eigenvalue weighted by molar-refractivity contribution is 6.31. The van der Waals surface area contributed by atoms with Crippen LogP contribution < -0.4 is 5.73 Å². The molecule has 1 aliphatic heterocycles. The first-order chi connectivity index (χ1) is 8.49. The van der Waals surface area contributed by atoms with Crippen molar-refractivity contribution in [3.63, 3.8) is 0 Å². The predicted molar refractivity (Wildman–Crippen MR) is 73.8 cm³/mol. The van der Waals surface area contributed by atoms with Crippen LogP contribution in [0.1, 0.15) is 29.3 Å². The molecule has 0 saturated carbocycles. The number of amides is 1. The number of nitrogens with two attached hydrogens (primary N) is 1. The van der Waals surface area contributed by atoms with Crippen molar-refractivity contribution in [1.29, 1.82) is 0 Å². The van der Waals surface area contributed by atoms with Gasteiger partial charge in [0.25, 0.3) is 5.91 Å². The van der Waals surface area contributed by atoms with Gasteiger partial charge in [0.2, 0.25) is 0 Å². The minimum Gasteiger partial charge on any atom is -0.338 e. The fourth-order valence-corrected chi connectivity index (χ4v) is 2.49. The summed E-state index contributed by atoms with van der Waals surface area (Å²) < 4.78 is 0. The van der Waals surface area contributed by atoms with E-state index in [1.54, 1.807) is 6.07 Å². The molecule has 3 nitrogen and oxygen atoms in total. The first-order valence-electron chi connectivity index (χ1n) is 6.30. The van der Waals surface area contributed by atoms with Gasteiger partial charge < -0.3 is 10.6 Å². The molecule has 1 amide bonds. The van der Waals surface area contributed by atoms with E-state index in [1.165, 1.54) is 0 Å². The maximum Gasteiger partial charge on any atom is 0.253 e. The van der Waals surface area contributed by atoms with Crippen molar-refractivity contribution in [2.45, 2.75) is 26.3 Å². The topological polar surface area (TPSA) is 46.3 Å². The number of likely N-dealkylation sites (tertiary alicyclic amines) is 1. The Bertz CT molecular complexity index is 459. The molecule has 0 aliphatic carbocycles. The number of carbonyl (C=O) groups excluding carboxylic acids is 1. The smallest absolute Gasteiger partial charge is 0.253 e. The molecule has 0 radical (unpaired) electrons. The van der Waals surface area contributed by atoms with Crippen LogP contribution in [0.25, 0.3) is 0 Å². The SMILES string of the molecule is Cc1ccc(C(=O)N2CCC(C(C)N)C2)cc1Cl. The first kappa shape index (κ1) is 13.4. The Kier molecular flexibility index (Phi) is 3.93. The highest BCUT2D eigenvalue weighted by Crippen LogP contribution is 2.23. The normalized spacial score (nSPS) is 21.1. The van der Waals surface area contributed by atoms with Crippen LogP contribution in [0, 0.1) is 12.8 Å². The van der Waals surface area contributed by atoms with Crippen molar-refractivity contribution in [3.05, 3.63) is 34.3 Å². The van der Waals surface area contributed by atoms with Gasteiger partial charge in [-0.3, -0.25) is 4.79 Å². The number of carbonyl (C=O) groups is 1. The summed E-state index contributed by atoms with van der Waals surface area (Å²) in [6.45, 7) is 5.47. The molecule has 0 spiro atoms. The number of nitrogens with zero attached hydrogens (tertiary/aromatic N) is 1. The van der Waals surface area contributed by atoms with Gasteiger partial charge in [0.1, 0.15) is 0 Å². The molecule has 2 atom stereocenters. The van der Waals surface area contributed by atoms with E-state index >= 15 is 0 Å². The van der Waals surface area contributed by atoms with Crippen LogP contribution in [0.3, 0.4) is 0 Å². The summed E-state index contributed by atoms with van der Waals surface area (Å²) in [5.41, 5.74) is 7.54. The van der Waals surface area contributed by atoms with Crippen LogP contribution in [0.2, 0.25) is 5.02 Å². The molecule has 1 aliphatic rings. The second-order valence-corrected chi connectivity index (χ2v) is 5.53. The van der Waals surface area contributed by atoms with Gasteiger partial charge in [-0.25, -0.2) is 0 Å². The molecule has 2 rings (SSSR count). The summed E-state index contributed by atoms with van der Waals surface area (Å²) in [5, 5.41) is 0.642. The van der Waals surface area contributed by atoms with Crippen molar-refractivity contribution in [1.82, 2.24) is 4.90 Å². The van der Waals surface area contributed by atoms with Gasteiger partial charge in [-0.2, -0.15) is 0 Å². The van der Waals surface area contributed by atoms with Crippen LogP contribution >= 0.6 is 11.6 Å². The lowest BCUT2D eigenvalue weighted by Crippen LogP contribution is -2.33. The lowest BCUT2D eigenvalue weighted by molar-refractivity contribution is 0.0786. The van der Waals surface area contributed by atoms with Crippen LogP contribution in [0.15, 0.2) is 18.2 Å². The Morgan fingerprint density at radius 2 is 2.28 bits per heavy atom. The van der Waals surface area contributed by atoms with Crippen molar-refractivity contribution < 1.29 is 4.79 Å². The van der Waals surface area contributed by atoms with E-state index in [4.69, 9.17) is 17.3 Å². The minimum atomic E-state index is 0.0556. The third-order valence-electron chi connectivity index (χ3n) is 3.67. The first-order valence-corrected chi connectivity index (χ1v) is 6.68. The number of hydrogen-bond acceptors (Lipinski definition) is 2. The standard InChI is InChI=1S/C14H19ClN2O/c1-9-3-4-11(7-13(9)15)14(18)17-6-5-12(8-17)10(2)16/h3-4,7,10,12H,5-6,8,16H2,1-2H3. The highest BCUT2D eigenvalue weighted by atomic mass is 35.5. The Labute approximate surface area is 113 Å². The van der Waals surface area contributed by atoms with Gasteiger partial charge in [-0.1, -0.05) is 17.7 Å². The quantitative estimate of drug-likeness (QED) is 0.894. The lowest BCUT2D eigenvalue weighted by atomic mass is 10.0. The molecule has 1 fully saturated rings. The van der Waals surface area contributed by atoms with Crippen LogP contribution in [0.4, 0.5) is 0 Å². The average molecular weight is 267 g/mol. The molecule has 4 heteroatoms. The summed E-state index contributed by atoms with van der Waals surface area (Å²) in [4.78, 5) is 14.2. The predicted octanol–water partition coefficient (Wildman–Crippen LogP) is 2.46. The van der Waals surface area contributed by atoms with Crippen LogP contribution in [-0.4, -0.2) is 29.9 Å². The number of halogens is 1. The number of rotatable bonds is 2. The van der Waals surface area contributed by atoms with Gasteiger partial charge >= 0.3 is 0 Å². The molecular weight excluding hydrogens is 248 g/mol. The third-order valence-corrected chi connectivity index (χ3v) is 4.08. The molecule has 1 aromatic rings. The second kappa shape index (κ2) is 5.29.